The van der Waals surface area contributed by atoms with Crippen molar-refractivity contribution in [3.63, 3.8) is 0 Å². The fourth-order valence-electron chi connectivity index (χ4n) is 2.46. The third-order valence-electron chi connectivity index (χ3n) is 3.54. The zero-order valence-electron chi connectivity index (χ0n) is 11.2. The molecule has 0 radical (unpaired) electrons. The standard InChI is InChI=1S/C16H11F2NO2/c1-19-14-3-2-9(4-10(14)7-15(19)20)16(21)11-5-12(17)8-13(18)6-11/h2-6,8H,7H2,1H3. The smallest absolute Gasteiger partial charge is 0.231 e. The van der Waals surface area contributed by atoms with Gasteiger partial charge in [-0.1, -0.05) is 0 Å². The number of fused-ring (bicyclic) bond motifs is 1. The summed E-state index contributed by atoms with van der Waals surface area (Å²) >= 11 is 0. The lowest BCUT2D eigenvalue weighted by molar-refractivity contribution is -0.117. The number of nitrogens with zero attached hydrogens (tertiary/aromatic N) is 1. The summed E-state index contributed by atoms with van der Waals surface area (Å²) in [5.74, 6) is -2.12. The second kappa shape index (κ2) is 4.77. The molecular formula is C16H11F2NO2. The zero-order chi connectivity index (χ0) is 15.1. The number of rotatable bonds is 2. The number of carbonyl (C=O) groups excluding carboxylic acids is 2. The van der Waals surface area contributed by atoms with E-state index in [1.54, 1.807) is 25.2 Å². The summed E-state index contributed by atoms with van der Waals surface area (Å²) in [6, 6.07) is 7.53. The summed E-state index contributed by atoms with van der Waals surface area (Å²) in [6.07, 6.45) is 0.227. The molecule has 1 amide bonds. The van der Waals surface area contributed by atoms with E-state index >= 15 is 0 Å². The first-order valence-electron chi connectivity index (χ1n) is 6.36. The molecule has 0 saturated heterocycles. The van der Waals surface area contributed by atoms with E-state index in [0.29, 0.717) is 11.6 Å². The van der Waals surface area contributed by atoms with Gasteiger partial charge in [-0.15, -0.1) is 0 Å². The van der Waals surface area contributed by atoms with Gasteiger partial charge in [-0.3, -0.25) is 9.59 Å². The molecule has 0 atom stereocenters. The minimum absolute atomic E-state index is 0.0496. The van der Waals surface area contributed by atoms with Crippen molar-refractivity contribution in [3.05, 3.63) is 64.7 Å². The van der Waals surface area contributed by atoms with E-state index in [0.717, 1.165) is 23.4 Å². The Balaban J connectivity index is 2.00. The maximum absolute atomic E-state index is 13.2. The number of amides is 1. The first kappa shape index (κ1) is 13.4. The average Bonchev–Trinajstić information content (AvgIpc) is 2.71. The molecule has 0 aromatic heterocycles. The van der Waals surface area contributed by atoms with Crippen molar-refractivity contribution in [1.82, 2.24) is 0 Å². The molecule has 5 heteroatoms. The highest BCUT2D eigenvalue weighted by molar-refractivity contribution is 6.10. The Bertz CT molecular complexity index is 751. The SMILES string of the molecule is CN1C(=O)Cc2cc(C(=O)c3cc(F)cc(F)c3)ccc21. The number of hydrogen-bond donors (Lipinski definition) is 0. The number of hydrogen-bond acceptors (Lipinski definition) is 2. The molecule has 0 saturated carbocycles. The van der Waals surface area contributed by atoms with E-state index in [1.165, 1.54) is 4.90 Å². The predicted octanol–water partition coefficient (Wildman–Crippen LogP) is 2.71. The van der Waals surface area contributed by atoms with Gasteiger partial charge in [0.05, 0.1) is 6.42 Å². The van der Waals surface area contributed by atoms with Gasteiger partial charge in [-0.05, 0) is 35.9 Å². The van der Waals surface area contributed by atoms with E-state index in [-0.39, 0.29) is 17.9 Å². The van der Waals surface area contributed by atoms with Gasteiger partial charge in [-0.2, -0.15) is 0 Å². The number of halogens is 2. The second-order valence-corrected chi connectivity index (χ2v) is 4.96. The van der Waals surface area contributed by atoms with Gasteiger partial charge in [0.2, 0.25) is 5.91 Å². The molecule has 1 heterocycles. The number of ketones is 1. The van der Waals surface area contributed by atoms with Crippen LogP contribution in [0.5, 0.6) is 0 Å². The molecule has 21 heavy (non-hydrogen) atoms. The van der Waals surface area contributed by atoms with Gasteiger partial charge in [-0.25, -0.2) is 8.78 Å². The maximum Gasteiger partial charge on any atom is 0.231 e. The van der Waals surface area contributed by atoms with Crippen molar-refractivity contribution in [3.8, 4) is 0 Å². The lowest BCUT2D eigenvalue weighted by atomic mass is 10.00. The van der Waals surface area contributed by atoms with Crippen LogP contribution in [0.25, 0.3) is 0 Å². The largest absolute Gasteiger partial charge is 0.315 e. The zero-order valence-corrected chi connectivity index (χ0v) is 11.2. The van der Waals surface area contributed by atoms with E-state index in [4.69, 9.17) is 0 Å². The minimum Gasteiger partial charge on any atom is -0.315 e. The fraction of sp³-hybridized carbons (Fsp3) is 0.125. The van der Waals surface area contributed by atoms with Crippen LogP contribution in [0.1, 0.15) is 21.5 Å². The van der Waals surface area contributed by atoms with Gasteiger partial charge in [0, 0.05) is 29.9 Å². The monoisotopic (exact) mass is 287 g/mol. The summed E-state index contributed by atoms with van der Waals surface area (Å²) in [7, 11) is 1.66. The van der Waals surface area contributed by atoms with Gasteiger partial charge in [0.15, 0.2) is 5.78 Å². The predicted molar refractivity (Wildman–Crippen MR) is 73.3 cm³/mol. The van der Waals surface area contributed by atoms with Gasteiger partial charge in [0.25, 0.3) is 0 Å². The Morgan fingerprint density at radius 1 is 1.05 bits per heavy atom. The molecule has 0 N–H and O–H groups in total. The maximum atomic E-state index is 13.2. The Morgan fingerprint density at radius 3 is 2.38 bits per heavy atom. The molecule has 0 bridgehead atoms. The van der Waals surface area contributed by atoms with Crippen molar-refractivity contribution in [2.45, 2.75) is 6.42 Å². The second-order valence-electron chi connectivity index (χ2n) is 4.96. The molecule has 1 aliphatic rings. The van der Waals surface area contributed by atoms with Crippen LogP contribution < -0.4 is 4.90 Å². The van der Waals surface area contributed by atoms with Gasteiger partial charge in [0.1, 0.15) is 11.6 Å². The first-order valence-corrected chi connectivity index (χ1v) is 6.36. The summed E-state index contributed by atoms with van der Waals surface area (Å²) < 4.78 is 26.4. The Kier molecular flexibility index (Phi) is 3.05. The highest BCUT2D eigenvalue weighted by Gasteiger charge is 2.25. The van der Waals surface area contributed by atoms with Crippen LogP contribution in [-0.2, 0) is 11.2 Å². The Morgan fingerprint density at radius 2 is 1.71 bits per heavy atom. The molecule has 0 aliphatic carbocycles. The highest BCUT2D eigenvalue weighted by atomic mass is 19.1. The summed E-state index contributed by atoms with van der Waals surface area (Å²) in [5.41, 5.74) is 1.75. The molecule has 1 aliphatic heterocycles. The number of carbonyl (C=O) groups is 2. The number of anilines is 1. The Labute approximate surface area is 119 Å². The van der Waals surface area contributed by atoms with Crippen LogP contribution in [0.2, 0.25) is 0 Å². The quantitative estimate of drug-likeness (QED) is 0.796. The topological polar surface area (TPSA) is 37.4 Å². The van der Waals surface area contributed by atoms with Crippen LogP contribution >= 0.6 is 0 Å². The van der Waals surface area contributed by atoms with Crippen molar-refractivity contribution in [1.29, 1.82) is 0 Å². The van der Waals surface area contributed by atoms with Crippen LogP contribution in [0.15, 0.2) is 36.4 Å². The third-order valence-corrected chi connectivity index (χ3v) is 3.54. The van der Waals surface area contributed by atoms with Gasteiger partial charge < -0.3 is 4.90 Å². The molecule has 0 spiro atoms. The lowest BCUT2D eigenvalue weighted by Crippen LogP contribution is -2.20. The van der Waals surface area contributed by atoms with E-state index in [2.05, 4.69) is 0 Å². The number of benzene rings is 2. The van der Waals surface area contributed by atoms with Crippen molar-refractivity contribution < 1.29 is 18.4 Å². The van der Waals surface area contributed by atoms with E-state index in [9.17, 15) is 18.4 Å². The average molecular weight is 287 g/mol. The van der Waals surface area contributed by atoms with Crippen LogP contribution in [-0.4, -0.2) is 18.7 Å². The van der Waals surface area contributed by atoms with E-state index in [1.807, 2.05) is 0 Å². The molecule has 2 aromatic carbocycles. The van der Waals surface area contributed by atoms with Crippen LogP contribution in [0, 0.1) is 11.6 Å². The summed E-state index contributed by atoms with van der Waals surface area (Å²) in [4.78, 5) is 25.4. The molecule has 0 unspecified atom stereocenters. The lowest BCUT2D eigenvalue weighted by Gasteiger charge is -2.10. The summed E-state index contributed by atoms with van der Waals surface area (Å²) in [6.45, 7) is 0. The fourth-order valence-corrected chi connectivity index (χ4v) is 2.46. The molecule has 2 aromatic rings. The first-order chi connectivity index (χ1) is 9.95. The van der Waals surface area contributed by atoms with Gasteiger partial charge >= 0.3 is 0 Å². The van der Waals surface area contributed by atoms with Crippen molar-refractivity contribution in [2.24, 2.45) is 0 Å². The molecule has 3 rings (SSSR count). The molecule has 0 fully saturated rings. The van der Waals surface area contributed by atoms with E-state index < -0.39 is 17.4 Å². The van der Waals surface area contributed by atoms with Crippen LogP contribution in [0.3, 0.4) is 0 Å². The highest BCUT2D eigenvalue weighted by Crippen LogP contribution is 2.29. The minimum atomic E-state index is -0.797. The summed E-state index contributed by atoms with van der Waals surface area (Å²) in [5, 5.41) is 0. The Hall–Kier alpha value is -2.56. The normalized spacial score (nSPS) is 13.5. The van der Waals surface area contributed by atoms with Crippen LogP contribution in [0.4, 0.5) is 14.5 Å². The molecule has 3 nitrogen and oxygen atoms in total. The molecular weight excluding hydrogens is 276 g/mol. The van der Waals surface area contributed by atoms with Crippen molar-refractivity contribution in [2.75, 3.05) is 11.9 Å². The molecule has 106 valence electrons. The number of likely N-dealkylation sites (N-methyl/N-ethyl adjacent to an activating group) is 1. The van der Waals surface area contributed by atoms with Crippen molar-refractivity contribution >= 4 is 17.4 Å². The third kappa shape index (κ3) is 2.31.